The molecular weight excluding hydrogens is 314 g/mol. The van der Waals surface area contributed by atoms with Gasteiger partial charge in [-0.15, -0.1) is 12.4 Å². The summed E-state index contributed by atoms with van der Waals surface area (Å²) in [4.78, 5) is 16.5. The quantitative estimate of drug-likeness (QED) is 0.898. The molecular formula is C17H22ClN3O2. The van der Waals surface area contributed by atoms with Crippen molar-refractivity contribution in [3.8, 4) is 11.5 Å². The van der Waals surface area contributed by atoms with Crippen molar-refractivity contribution in [2.75, 3.05) is 11.9 Å². The number of carbonyl (C=O) groups excluding carboxylic acids is 1. The van der Waals surface area contributed by atoms with Gasteiger partial charge in [-0.05, 0) is 50.9 Å². The molecule has 0 spiro atoms. The summed E-state index contributed by atoms with van der Waals surface area (Å²) in [5, 5.41) is 6.30. The monoisotopic (exact) mass is 335 g/mol. The van der Waals surface area contributed by atoms with E-state index in [1.165, 1.54) is 0 Å². The van der Waals surface area contributed by atoms with Crippen molar-refractivity contribution in [2.24, 2.45) is 0 Å². The summed E-state index contributed by atoms with van der Waals surface area (Å²) in [5.74, 6) is 0.626. The first kappa shape index (κ1) is 17.5. The van der Waals surface area contributed by atoms with Crippen LogP contribution in [0.15, 0.2) is 28.9 Å². The summed E-state index contributed by atoms with van der Waals surface area (Å²) >= 11 is 0. The molecule has 6 heteroatoms. The fourth-order valence-electron chi connectivity index (χ4n) is 2.77. The van der Waals surface area contributed by atoms with Gasteiger partial charge in [-0.1, -0.05) is 6.07 Å². The molecule has 1 saturated heterocycles. The normalized spacial score (nSPS) is 16.9. The van der Waals surface area contributed by atoms with E-state index in [9.17, 15) is 4.79 Å². The van der Waals surface area contributed by atoms with Crippen LogP contribution in [0.4, 0.5) is 5.69 Å². The predicted molar refractivity (Wildman–Crippen MR) is 92.9 cm³/mol. The van der Waals surface area contributed by atoms with Gasteiger partial charge in [-0.25, -0.2) is 4.98 Å². The lowest BCUT2D eigenvalue weighted by Gasteiger charge is -2.11. The van der Waals surface area contributed by atoms with Gasteiger partial charge in [-0.3, -0.25) is 4.79 Å². The van der Waals surface area contributed by atoms with Crippen LogP contribution in [-0.2, 0) is 4.79 Å². The Kier molecular flexibility index (Phi) is 5.80. The second-order valence-electron chi connectivity index (χ2n) is 5.87. The van der Waals surface area contributed by atoms with Gasteiger partial charge in [0.15, 0.2) is 0 Å². The molecule has 2 heterocycles. The maximum atomic E-state index is 12.1. The van der Waals surface area contributed by atoms with E-state index in [1.54, 1.807) is 6.26 Å². The minimum absolute atomic E-state index is 0. The van der Waals surface area contributed by atoms with Crippen LogP contribution in [0.2, 0.25) is 0 Å². The fourth-order valence-corrected chi connectivity index (χ4v) is 2.77. The molecule has 124 valence electrons. The van der Waals surface area contributed by atoms with Gasteiger partial charge in [0.1, 0.15) is 6.26 Å². The molecule has 1 aromatic carbocycles. The standard InChI is InChI=1S/C17H21N3O2.ClH/c1-11-5-6-14(8-15(11)17-19-12(2)10-22-17)20-16(21)9-13-4-3-7-18-13;/h5-6,8,10,13,18H,3-4,7,9H2,1-2H3,(H,20,21);1H. The van der Waals surface area contributed by atoms with Crippen molar-refractivity contribution in [3.63, 3.8) is 0 Å². The highest BCUT2D eigenvalue weighted by atomic mass is 35.5. The van der Waals surface area contributed by atoms with Crippen LogP contribution < -0.4 is 10.6 Å². The number of benzene rings is 1. The second kappa shape index (κ2) is 7.62. The fraction of sp³-hybridized carbons (Fsp3) is 0.412. The molecule has 2 aromatic rings. The molecule has 0 aliphatic carbocycles. The SMILES string of the molecule is Cc1coc(-c2cc(NC(=O)CC3CCCN3)ccc2C)n1.Cl. The average Bonchev–Trinajstić information content (AvgIpc) is 3.12. The number of aromatic nitrogens is 1. The van der Waals surface area contributed by atoms with Crippen LogP contribution in [0.1, 0.15) is 30.5 Å². The summed E-state index contributed by atoms with van der Waals surface area (Å²) < 4.78 is 5.46. The lowest BCUT2D eigenvalue weighted by molar-refractivity contribution is -0.116. The minimum Gasteiger partial charge on any atom is -0.444 e. The van der Waals surface area contributed by atoms with Crippen LogP contribution in [0.25, 0.3) is 11.5 Å². The van der Waals surface area contributed by atoms with Crippen molar-refractivity contribution in [2.45, 2.75) is 39.2 Å². The molecule has 1 fully saturated rings. The van der Waals surface area contributed by atoms with Gasteiger partial charge >= 0.3 is 0 Å². The van der Waals surface area contributed by atoms with Gasteiger partial charge in [0.25, 0.3) is 0 Å². The summed E-state index contributed by atoms with van der Waals surface area (Å²) in [5.41, 5.74) is 3.60. The van der Waals surface area contributed by atoms with Gasteiger partial charge in [0.05, 0.1) is 5.69 Å². The zero-order chi connectivity index (χ0) is 15.5. The van der Waals surface area contributed by atoms with Crippen LogP contribution >= 0.6 is 12.4 Å². The predicted octanol–water partition coefficient (Wildman–Crippen LogP) is 3.46. The van der Waals surface area contributed by atoms with Crippen molar-refractivity contribution in [1.29, 1.82) is 0 Å². The molecule has 5 nitrogen and oxygen atoms in total. The van der Waals surface area contributed by atoms with Gasteiger partial charge in [-0.2, -0.15) is 0 Å². The average molecular weight is 336 g/mol. The smallest absolute Gasteiger partial charge is 0.226 e. The molecule has 1 aromatic heterocycles. The van der Waals surface area contributed by atoms with E-state index in [2.05, 4.69) is 15.6 Å². The number of oxazole rings is 1. The van der Waals surface area contributed by atoms with E-state index >= 15 is 0 Å². The molecule has 23 heavy (non-hydrogen) atoms. The van der Waals surface area contributed by atoms with Crippen molar-refractivity contribution in [1.82, 2.24) is 10.3 Å². The highest BCUT2D eigenvalue weighted by Gasteiger charge is 2.18. The zero-order valence-electron chi connectivity index (χ0n) is 13.4. The van der Waals surface area contributed by atoms with E-state index in [4.69, 9.17) is 4.42 Å². The Hall–Kier alpha value is -1.85. The Morgan fingerprint density at radius 3 is 2.91 bits per heavy atom. The maximum Gasteiger partial charge on any atom is 0.226 e. The Morgan fingerprint density at radius 2 is 2.26 bits per heavy atom. The Bertz CT molecular complexity index is 678. The molecule has 1 unspecified atom stereocenters. The molecule has 1 amide bonds. The molecule has 1 aliphatic rings. The number of hydrogen-bond donors (Lipinski definition) is 2. The largest absolute Gasteiger partial charge is 0.444 e. The number of aryl methyl sites for hydroxylation is 2. The number of nitrogens with zero attached hydrogens (tertiary/aromatic N) is 1. The van der Waals surface area contributed by atoms with E-state index in [1.807, 2.05) is 32.0 Å². The van der Waals surface area contributed by atoms with E-state index < -0.39 is 0 Å². The lowest BCUT2D eigenvalue weighted by Crippen LogP contribution is -2.27. The third kappa shape index (κ3) is 4.33. The topological polar surface area (TPSA) is 67.2 Å². The Morgan fingerprint density at radius 1 is 1.43 bits per heavy atom. The first-order chi connectivity index (χ1) is 10.6. The van der Waals surface area contributed by atoms with Crippen LogP contribution in [-0.4, -0.2) is 23.5 Å². The Labute approximate surface area is 142 Å². The molecule has 3 rings (SSSR count). The van der Waals surface area contributed by atoms with Crippen molar-refractivity contribution >= 4 is 24.0 Å². The summed E-state index contributed by atoms with van der Waals surface area (Å²) in [6, 6.07) is 6.10. The summed E-state index contributed by atoms with van der Waals surface area (Å²) in [6.45, 7) is 4.90. The zero-order valence-corrected chi connectivity index (χ0v) is 14.2. The first-order valence-electron chi connectivity index (χ1n) is 7.68. The molecule has 0 bridgehead atoms. The highest BCUT2D eigenvalue weighted by molar-refractivity contribution is 5.91. The number of anilines is 1. The number of amides is 1. The number of halogens is 1. The van der Waals surface area contributed by atoms with E-state index in [-0.39, 0.29) is 18.3 Å². The summed E-state index contributed by atoms with van der Waals surface area (Å²) in [6.07, 6.45) is 4.37. The van der Waals surface area contributed by atoms with Crippen molar-refractivity contribution in [3.05, 3.63) is 35.7 Å². The maximum absolute atomic E-state index is 12.1. The molecule has 2 N–H and O–H groups in total. The third-order valence-corrected chi connectivity index (χ3v) is 3.96. The molecule has 0 radical (unpaired) electrons. The molecule has 1 atom stereocenters. The lowest BCUT2D eigenvalue weighted by atomic mass is 10.1. The number of rotatable bonds is 4. The van der Waals surface area contributed by atoms with Gasteiger partial charge in [0.2, 0.25) is 11.8 Å². The van der Waals surface area contributed by atoms with Crippen LogP contribution in [0.5, 0.6) is 0 Å². The van der Waals surface area contributed by atoms with Crippen molar-refractivity contribution < 1.29 is 9.21 Å². The highest BCUT2D eigenvalue weighted by Crippen LogP contribution is 2.26. The van der Waals surface area contributed by atoms with E-state index in [0.29, 0.717) is 18.4 Å². The first-order valence-corrected chi connectivity index (χ1v) is 7.68. The van der Waals surface area contributed by atoms with Gasteiger partial charge in [0, 0.05) is 23.7 Å². The van der Waals surface area contributed by atoms with E-state index in [0.717, 1.165) is 41.9 Å². The number of nitrogens with one attached hydrogen (secondary N) is 2. The third-order valence-electron chi connectivity index (χ3n) is 3.96. The Balaban J connectivity index is 0.00000192. The number of carbonyl (C=O) groups is 1. The van der Waals surface area contributed by atoms with Gasteiger partial charge < -0.3 is 15.1 Å². The minimum atomic E-state index is 0. The summed E-state index contributed by atoms with van der Waals surface area (Å²) in [7, 11) is 0. The second-order valence-corrected chi connectivity index (χ2v) is 5.87. The molecule has 0 saturated carbocycles. The number of hydrogen-bond acceptors (Lipinski definition) is 4. The van der Waals surface area contributed by atoms with Crippen LogP contribution in [0, 0.1) is 13.8 Å². The molecule has 1 aliphatic heterocycles. The van der Waals surface area contributed by atoms with Crippen LogP contribution in [0.3, 0.4) is 0 Å².